The minimum Gasteiger partial charge on any atom is -0.466 e. The van der Waals surface area contributed by atoms with Crippen LogP contribution in [0.3, 0.4) is 0 Å². The lowest BCUT2D eigenvalue weighted by Gasteiger charge is -2.22. The SMILES string of the molecule is CCCCC/C=C\C/C=C\CCCCCCCCCCCC(=O)OCCCCCC/C=C\CCCC(=O)NC(CO)C(O)CCCCCCCCCCCCCCCC. The van der Waals surface area contributed by atoms with Crippen LogP contribution in [0, 0.1) is 0 Å². The molecular weight excluding hydrogens is 731 g/mol. The maximum absolute atomic E-state index is 12.4. The Kier molecular flexibility index (Phi) is 47.2. The van der Waals surface area contributed by atoms with Crippen molar-refractivity contribution >= 4 is 11.9 Å². The predicted octanol–water partition coefficient (Wildman–Crippen LogP) is 15.3. The minimum absolute atomic E-state index is 0.0399. The van der Waals surface area contributed by atoms with Gasteiger partial charge in [0.05, 0.1) is 25.4 Å². The summed E-state index contributed by atoms with van der Waals surface area (Å²) in [4.78, 5) is 24.5. The molecule has 0 aliphatic rings. The molecule has 6 heteroatoms. The number of rotatable bonds is 47. The summed E-state index contributed by atoms with van der Waals surface area (Å²) in [6.45, 7) is 4.83. The second-order valence-corrected chi connectivity index (χ2v) is 17.5. The first kappa shape index (κ1) is 57.1. The first-order chi connectivity index (χ1) is 29.0. The molecule has 0 aromatic rings. The summed E-state index contributed by atoms with van der Waals surface area (Å²) in [6.07, 6.45) is 58.3. The molecule has 59 heavy (non-hydrogen) atoms. The van der Waals surface area contributed by atoms with Crippen molar-refractivity contribution in [2.75, 3.05) is 13.2 Å². The Morgan fingerprint density at radius 3 is 1.37 bits per heavy atom. The van der Waals surface area contributed by atoms with Gasteiger partial charge in [-0.3, -0.25) is 9.59 Å². The van der Waals surface area contributed by atoms with Gasteiger partial charge in [0.25, 0.3) is 0 Å². The molecule has 0 saturated carbocycles. The van der Waals surface area contributed by atoms with Crippen LogP contribution in [0.2, 0.25) is 0 Å². The Morgan fingerprint density at radius 1 is 0.475 bits per heavy atom. The van der Waals surface area contributed by atoms with E-state index in [1.165, 1.54) is 154 Å². The summed E-state index contributed by atoms with van der Waals surface area (Å²) in [7, 11) is 0. The fourth-order valence-corrected chi connectivity index (χ4v) is 7.67. The first-order valence-electron chi connectivity index (χ1n) is 25.7. The lowest BCUT2D eigenvalue weighted by atomic mass is 10.0. The van der Waals surface area contributed by atoms with Crippen molar-refractivity contribution in [1.29, 1.82) is 0 Å². The third kappa shape index (κ3) is 45.4. The second kappa shape index (κ2) is 48.7. The smallest absolute Gasteiger partial charge is 0.305 e. The quantitative estimate of drug-likeness (QED) is 0.0323. The van der Waals surface area contributed by atoms with Crippen LogP contribution in [0.5, 0.6) is 0 Å². The summed E-state index contributed by atoms with van der Waals surface area (Å²) in [5, 5.41) is 23.1. The molecule has 3 N–H and O–H groups in total. The number of esters is 1. The van der Waals surface area contributed by atoms with Gasteiger partial charge >= 0.3 is 5.97 Å². The zero-order chi connectivity index (χ0) is 43.0. The fraction of sp³-hybridized carbons (Fsp3) is 0.849. The van der Waals surface area contributed by atoms with Crippen molar-refractivity contribution in [2.24, 2.45) is 0 Å². The standard InChI is InChI=1S/C53H99NO5/c1-3-5-7-9-11-13-15-17-19-20-21-22-23-25-27-31-35-39-43-47-53(58)59-48-44-40-36-32-28-30-34-38-42-46-52(57)54-50(49-55)51(56)45-41-37-33-29-26-24-18-16-14-12-10-8-6-4-2/h11,13,17,19,30,34,50-51,55-56H,3-10,12,14-16,18,20-29,31-33,35-49H2,1-2H3,(H,54,57)/b13-11-,19-17-,34-30-. The van der Waals surface area contributed by atoms with Crippen molar-refractivity contribution in [3.63, 3.8) is 0 Å². The zero-order valence-corrected chi connectivity index (χ0v) is 39.2. The highest BCUT2D eigenvalue weighted by Crippen LogP contribution is 2.16. The van der Waals surface area contributed by atoms with Crippen molar-refractivity contribution < 1.29 is 24.5 Å². The Bertz CT molecular complexity index is 962. The molecule has 0 spiro atoms. The first-order valence-corrected chi connectivity index (χ1v) is 25.7. The number of carbonyl (C=O) groups excluding carboxylic acids is 2. The number of nitrogens with one attached hydrogen (secondary N) is 1. The van der Waals surface area contributed by atoms with Gasteiger partial charge in [-0.1, -0.05) is 211 Å². The average Bonchev–Trinajstić information content (AvgIpc) is 3.24. The fourth-order valence-electron chi connectivity index (χ4n) is 7.67. The molecule has 0 rings (SSSR count). The molecule has 0 heterocycles. The topological polar surface area (TPSA) is 95.9 Å². The summed E-state index contributed by atoms with van der Waals surface area (Å²) in [5.74, 6) is -0.136. The van der Waals surface area contributed by atoms with E-state index in [4.69, 9.17) is 4.74 Å². The summed E-state index contributed by atoms with van der Waals surface area (Å²) in [5.41, 5.74) is 0. The second-order valence-electron chi connectivity index (χ2n) is 17.5. The highest BCUT2D eigenvalue weighted by atomic mass is 16.5. The number of carbonyl (C=O) groups is 2. The molecule has 6 nitrogen and oxygen atoms in total. The Morgan fingerprint density at radius 2 is 0.864 bits per heavy atom. The molecule has 0 saturated heterocycles. The Hall–Kier alpha value is -1.92. The lowest BCUT2D eigenvalue weighted by molar-refractivity contribution is -0.143. The third-order valence-electron chi connectivity index (χ3n) is 11.7. The van der Waals surface area contributed by atoms with E-state index < -0.39 is 12.1 Å². The highest BCUT2D eigenvalue weighted by Gasteiger charge is 2.20. The highest BCUT2D eigenvalue weighted by molar-refractivity contribution is 5.76. The van der Waals surface area contributed by atoms with Crippen LogP contribution in [0.1, 0.15) is 264 Å². The molecule has 0 fully saturated rings. The van der Waals surface area contributed by atoms with Crippen molar-refractivity contribution in [1.82, 2.24) is 5.32 Å². The van der Waals surface area contributed by atoms with Crippen LogP contribution in [-0.2, 0) is 14.3 Å². The van der Waals surface area contributed by atoms with Crippen LogP contribution >= 0.6 is 0 Å². The summed E-state index contributed by atoms with van der Waals surface area (Å²) >= 11 is 0. The van der Waals surface area contributed by atoms with E-state index in [1.807, 2.05) is 0 Å². The van der Waals surface area contributed by atoms with Gasteiger partial charge in [0.1, 0.15) is 0 Å². The molecule has 0 aromatic carbocycles. The number of hydrogen-bond donors (Lipinski definition) is 3. The van der Waals surface area contributed by atoms with E-state index in [1.54, 1.807) is 0 Å². The van der Waals surface area contributed by atoms with E-state index in [-0.39, 0.29) is 18.5 Å². The molecule has 0 bridgehead atoms. The number of allylic oxidation sites excluding steroid dienone is 6. The van der Waals surface area contributed by atoms with E-state index in [2.05, 4.69) is 55.6 Å². The van der Waals surface area contributed by atoms with Gasteiger partial charge < -0.3 is 20.3 Å². The predicted molar refractivity (Wildman–Crippen MR) is 255 cm³/mol. The van der Waals surface area contributed by atoms with Crippen molar-refractivity contribution in [3.8, 4) is 0 Å². The normalized spacial score (nSPS) is 12.9. The average molecular weight is 830 g/mol. The van der Waals surface area contributed by atoms with E-state index in [9.17, 15) is 19.8 Å². The number of unbranched alkanes of at least 4 members (excludes halogenated alkanes) is 30. The maximum Gasteiger partial charge on any atom is 0.305 e. The van der Waals surface area contributed by atoms with Crippen LogP contribution < -0.4 is 5.32 Å². The lowest BCUT2D eigenvalue weighted by Crippen LogP contribution is -2.45. The number of aliphatic hydroxyl groups excluding tert-OH is 2. The molecule has 1 amide bonds. The molecule has 346 valence electrons. The van der Waals surface area contributed by atoms with Gasteiger partial charge in [-0.05, 0) is 77.0 Å². The van der Waals surface area contributed by atoms with Crippen LogP contribution in [-0.4, -0.2) is 47.4 Å². The molecule has 0 aliphatic heterocycles. The van der Waals surface area contributed by atoms with Crippen LogP contribution in [0.25, 0.3) is 0 Å². The molecule has 2 atom stereocenters. The van der Waals surface area contributed by atoms with Gasteiger partial charge in [0.15, 0.2) is 0 Å². The zero-order valence-electron chi connectivity index (χ0n) is 39.2. The Labute approximate surface area is 366 Å². The van der Waals surface area contributed by atoms with Crippen molar-refractivity contribution in [3.05, 3.63) is 36.5 Å². The van der Waals surface area contributed by atoms with Crippen molar-refractivity contribution in [2.45, 2.75) is 276 Å². The van der Waals surface area contributed by atoms with E-state index >= 15 is 0 Å². The van der Waals surface area contributed by atoms with Gasteiger partial charge in [-0.2, -0.15) is 0 Å². The minimum atomic E-state index is -0.695. The van der Waals surface area contributed by atoms with E-state index in [0.29, 0.717) is 25.9 Å². The maximum atomic E-state index is 12.4. The molecule has 0 aliphatic carbocycles. The van der Waals surface area contributed by atoms with Crippen LogP contribution in [0.4, 0.5) is 0 Å². The third-order valence-corrected chi connectivity index (χ3v) is 11.7. The number of amides is 1. The monoisotopic (exact) mass is 830 g/mol. The number of hydrogen-bond acceptors (Lipinski definition) is 5. The van der Waals surface area contributed by atoms with Gasteiger partial charge in [0.2, 0.25) is 5.91 Å². The number of aliphatic hydroxyl groups is 2. The van der Waals surface area contributed by atoms with E-state index in [0.717, 1.165) is 77.0 Å². The Balaban J connectivity index is 3.53. The molecule has 0 radical (unpaired) electrons. The van der Waals surface area contributed by atoms with Gasteiger partial charge in [0, 0.05) is 12.8 Å². The number of ether oxygens (including phenoxy) is 1. The largest absolute Gasteiger partial charge is 0.466 e. The van der Waals surface area contributed by atoms with Gasteiger partial charge in [-0.15, -0.1) is 0 Å². The molecular formula is C53H99NO5. The molecule has 0 aromatic heterocycles. The summed E-state index contributed by atoms with van der Waals surface area (Å²) < 4.78 is 5.45. The van der Waals surface area contributed by atoms with Gasteiger partial charge in [-0.25, -0.2) is 0 Å². The summed E-state index contributed by atoms with van der Waals surface area (Å²) in [6, 6.07) is -0.579. The molecule has 2 unspecified atom stereocenters. The van der Waals surface area contributed by atoms with Crippen LogP contribution in [0.15, 0.2) is 36.5 Å².